The van der Waals surface area contributed by atoms with E-state index in [9.17, 15) is 18.0 Å². The highest BCUT2D eigenvalue weighted by Crippen LogP contribution is 2.31. The van der Waals surface area contributed by atoms with Crippen LogP contribution in [0.2, 0.25) is 0 Å². The van der Waals surface area contributed by atoms with Gasteiger partial charge in [-0.1, -0.05) is 18.2 Å². The van der Waals surface area contributed by atoms with Gasteiger partial charge in [-0.25, -0.2) is 13.1 Å². The van der Waals surface area contributed by atoms with Crippen LogP contribution in [0.1, 0.15) is 17.5 Å². The molecule has 1 aliphatic rings. The van der Waals surface area contributed by atoms with E-state index in [4.69, 9.17) is 0 Å². The van der Waals surface area contributed by atoms with Crippen LogP contribution in [0.25, 0.3) is 0 Å². The molecule has 1 aliphatic heterocycles. The molecule has 0 radical (unpaired) electrons. The normalized spacial score (nSPS) is 17.2. The van der Waals surface area contributed by atoms with Crippen LogP contribution >= 0.6 is 15.9 Å². The molecule has 0 saturated carbocycles. The minimum atomic E-state index is -4.03. The third kappa shape index (κ3) is 3.91. The maximum Gasteiger partial charge on any atom is 0.264 e. The zero-order valence-electron chi connectivity index (χ0n) is 14.9. The largest absolute Gasteiger partial charge is 0.311 e. The van der Waals surface area contributed by atoms with Gasteiger partial charge in [-0.05, 0) is 71.6 Å². The fourth-order valence-corrected chi connectivity index (χ4v) is 4.58. The number of carbonyl (C=O) groups excluding carboxylic acids is 2. The minimum absolute atomic E-state index is 0.00653. The molecule has 0 bridgehead atoms. The first-order valence-electron chi connectivity index (χ1n) is 8.40. The Balaban J connectivity index is 1.77. The van der Waals surface area contributed by atoms with Gasteiger partial charge in [-0.3, -0.25) is 9.59 Å². The molecule has 142 valence electrons. The fourth-order valence-electron chi connectivity index (χ4n) is 2.98. The summed E-state index contributed by atoms with van der Waals surface area (Å²) in [4.78, 5) is 26.7. The average Bonchev–Trinajstić information content (AvgIpc) is 2.99. The van der Waals surface area contributed by atoms with Crippen molar-refractivity contribution in [1.82, 2.24) is 4.72 Å². The molecule has 1 fully saturated rings. The second kappa shape index (κ2) is 7.44. The third-order valence-corrected chi connectivity index (χ3v) is 6.70. The highest BCUT2D eigenvalue weighted by Gasteiger charge is 2.39. The maximum absolute atomic E-state index is 12.7. The highest BCUT2D eigenvalue weighted by molar-refractivity contribution is 9.10. The molecule has 6 nitrogen and oxygen atoms in total. The van der Waals surface area contributed by atoms with Gasteiger partial charge in [0.05, 0.1) is 10.6 Å². The van der Waals surface area contributed by atoms with Gasteiger partial charge in [0.1, 0.15) is 5.92 Å². The van der Waals surface area contributed by atoms with Crippen molar-refractivity contribution in [2.45, 2.75) is 25.2 Å². The van der Waals surface area contributed by atoms with E-state index < -0.39 is 27.8 Å². The Morgan fingerprint density at radius 1 is 1.15 bits per heavy atom. The molecule has 3 rings (SSSR count). The van der Waals surface area contributed by atoms with E-state index in [0.717, 1.165) is 15.6 Å². The lowest BCUT2D eigenvalue weighted by atomic mass is 10.1. The van der Waals surface area contributed by atoms with Gasteiger partial charge in [0, 0.05) is 11.0 Å². The van der Waals surface area contributed by atoms with Crippen LogP contribution in [0, 0.1) is 19.8 Å². The molecule has 0 spiro atoms. The zero-order chi connectivity index (χ0) is 19.8. The molecule has 2 aromatic carbocycles. The first-order valence-corrected chi connectivity index (χ1v) is 10.7. The van der Waals surface area contributed by atoms with E-state index in [0.29, 0.717) is 12.2 Å². The lowest BCUT2D eigenvalue weighted by Crippen LogP contribution is -2.39. The number of benzene rings is 2. The van der Waals surface area contributed by atoms with Crippen LogP contribution in [-0.4, -0.2) is 26.8 Å². The Kier molecular flexibility index (Phi) is 5.39. The SMILES string of the molecule is Cc1ccc(S(=O)(=O)NC(=O)[C@H]2CCN(c3ccccc3Br)C2=O)cc1C. The topological polar surface area (TPSA) is 83.6 Å². The summed E-state index contributed by atoms with van der Waals surface area (Å²) in [6.45, 7) is 4.02. The Morgan fingerprint density at radius 3 is 2.52 bits per heavy atom. The molecular formula is C19H19BrN2O4S. The second-order valence-electron chi connectivity index (χ2n) is 6.50. The minimum Gasteiger partial charge on any atom is -0.311 e. The number of hydrogen-bond acceptors (Lipinski definition) is 4. The summed E-state index contributed by atoms with van der Waals surface area (Å²) < 4.78 is 27.8. The summed E-state index contributed by atoms with van der Waals surface area (Å²) in [6.07, 6.45) is 0.258. The summed E-state index contributed by atoms with van der Waals surface area (Å²) >= 11 is 3.39. The third-order valence-electron chi connectivity index (χ3n) is 4.69. The van der Waals surface area contributed by atoms with E-state index >= 15 is 0 Å². The number of nitrogens with one attached hydrogen (secondary N) is 1. The second-order valence-corrected chi connectivity index (χ2v) is 9.04. The molecule has 8 heteroatoms. The predicted octanol–water partition coefficient (Wildman–Crippen LogP) is 2.92. The van der Waals surface area contributed by atoms with E-state index in [-0.39, 0.29) is 11.3 Å². The monoisotopic (exact) mass is 450 g/mol. The van der Waals surface area contributed by atoms with Crippen molar-refractivity contribution in [3.8, 4) is 0 Å². The van der Waals surface area contributed by atoms with E-state index in [1.165, 1.54) is 17.0 Å². The first kappa shape index (κ1) is 19.6. The van der Waals surface area contributed by atoms with E-state index in [2.05, 4.69) is 20.7 Å². The number of sulfonamides is 1. The van der Waals surface area contributed by atoms with Gasteiger partial charge in [0.15, 0.2) is 0 Å². The summed E-state index contributed by atoms with van der Waals surface area (Å²) in [5.74, 6) is -2.24. The number of para-hydroxylation sites is 1. The van der Waals surface area contributed by atoms with Crippen LogP contribution in [0.5, 0.6) is 0 Å². The number of anilines is 1. The van der Waals surface area contributed by atoms with Gasteiger partial charge in [-0.2, -0.15) is 0 Å². The number of carbonyl (C=O) groups is 2. The molecule has 27 heavy (non-hydrogen) atoms. The number of halogens is 1. The van der Waals surface area contributed by atoms with Crippen LogP contribution in [0.3, 0.4) is 0 Å². The summed E-state index contributed by atoms with van der Waals surface area (Å²) in [6, 6.07) is 11.8. The van der Waals surface area contributed by atoms with Gasteiger partial charge >= 0.3 is 0 Å². The number of aryl methyl sites for hydroxylation is 2. The quantitative estimate of drug-likeness (QED) is 0.725. The summed E-state index contributed by atoms with van der Waals surface area (Å²) in [5, 5.41) is 0. The molecule has 0 aromatic heterocycles. The van der Waals surface area contributed by atoms with Crippen molar-refractivity contribution in [2.75, 3.05) is 11.4 Å². The van der Waals surface area contributed by atoms with Crippen molar-refractivity contribution in [2.24, 2.45) is 5.92 Å². The van der Waals surface area contributed by atoms with Gasteiger partial charge in [0.25, 0.3) is 10.0 Å². The number of nitrogens with zero attached hydrogens (tertiary/aromatic N) is 1. The smallest absolute Gasteiger partial charge is 0.264 e. The maximum atomic E-state index is 12.7. The van der Waals surface area contributed by atoms with Gasteiger partial charge < -0.3 is 4.90 Å². The van der Waals surface area contributed by atoms with E-state index in [1.807, 2.05) is 13.0 Å². The summed E-state index contributed by atoms with van der Waals surface area (Å²) in [7, 11) is -4.03. The molecule has 1 saturated heterocycles. The van der Waals surface area contributed by atoms with Crippen molar-refractivity contribution in [1.29, 1.82) is 0 Å². The Labute approximate surface area is 166 Å². The standard InChI is InChI=1S/C19H19BrN2O4S/c1-12-7-8-14(11-13(12)2)27(25,26)21-18(23)15-9-10-22(19(15)24)17-6-4-3-5-16(17)20/h3-8,11,15H,9-10H2,1-2H3,(H,21,23)/t15-/m1/s1. The lowest BCUT2D eigenvalue weighted by molar-refractivity contribution is -0.130. The highest BCUT2D eigenvalue weighted by atomic mass is 79.9. The lowest BCUT2D eigenvalue weighted by Gasteiger charge is -2.18. The van der Waals surface area contributed by atoms with Gasteiger partial charge in [-0.15, -0.1) is 0 Å². The molecule has 2 amide bonds. The Hall–Kier alpha value is -2.19. The van der Waals surface area contributed by atoms with Crippen LogP contribution in [0.4, 0.5) is 5.69 Å². The molecule has 0 unspecified atom stereocenters. The van der Waals surface area contributed by atoms with Crippen LogP contribution in [0.15, 0.2) is 51.8 Å². The zero-order valence-corrected chi connectivity index (χ0v) is 17.3. The molecule has 0 aliphatic carbocycles. The van der Waals surface area contributed by atoms with E-state index in [1.54, 1.807) is 31.2 Å². The number of hydrogen-bond donors (Lipinski definition) is 1. The first-order chi connectivity index (χ1) is 12.7. The Bertz CT molecular complexity index is 1020. The number of amides is 2. The predicted molar refractivity (Wildman–Crippen MR) is 106 cm³/mol. The van der Waals surface area contributed by atoms with Crippen molar-refractivity contribution < 1.29 is 18.0 Å². The van der Waals surface area contributed by atoms with Crippen molar-refractivity contribution in [3.63, 3.8) is 0 Å². The average molecular weight is 451 g/mol. The molecule has 1 heterocycles. The van der Waals surface area contributed by atoms with Gasteiger partial charge in [0.2, 0.25) is 11.8 Å². The molecule has 2 aromatic rings. The molecular weight excluding hydrogens is 432 g/mol. The summed E-state index contributed by atoms with van der Waals surface area (Å²) in [5.41, 5.74) is 2.42. The fraction of sp³-hybridized carbons (Fsp3) is 0.263. The van der Waals surface area contributed by atoms with Crippen LogP contribution in [-0.2, 0) is 19.6 Å². The van der Waals surface area contributed by atoms with Crippen molar-refractivity contribution in [3.05, 3.63) is 58.1 Å². The number of rotatable bonds is 4. The molecule has 1 N–H and O–H groups in total. The van der Waals surface area contributed by atoms with Crippen LogP contribution < -0.4 is 9.62 Å². The van der Waals surface area contributed by atoms with Crippen molar-refractivity contribution >= 4 is 43.5 Å². The Morgan fingerprint density at radius 2 is 1.85 bits per heavy atom. The molecule has 1 atom stereocenters.